The first-order valence-electron chi connectivity index (χ1n) is 6.44. The van der Waals surface area contributed by atoms with E-state index in [2.05, 4.69) is 10.6 Å². The number of hydrogen-bond acceptors (Lipinski definition) is 2. The smallest absolute Gasteiger partial charge is 0.226 e. The van der Waals surface area contributed by atoms with Gasteiger partial charge in [0.2, 0.25) is 5.91 Å². The Morgan fingerprint density at radius 2 is 2.00 bits per heavy atom. The molecule has 1 aliphatic heterocycles. The SMILES string of the molecule is CC1(C(=O)NCc2ccc(F)cc2F)CCNCC1.Cl. The van der Waals surface area contributed by atoms with Gasteiger partial charge in [-0.2, -0.15) is 0 Å². The molecule has 1 heterocycles. The van der Waals surface area contributed by atoms with Gasteiger partial charge in [-0.05, 0) is 32.0 Å². The van der Waals surface area contributed by atoms with E-state index in [9.17, 15) is 13.6 Å². The van der Waals surface area contributed by atoms with Gasteiger partial charge in [0.15, 0.2) is 0 Å². The second kappa shape index (κ2) is 6.99. The van der Waals surface area contributed by atoms with Gasteiger partial charge in [-0.3, -0.25) is 4.79 Å². The second-order valence-electron chi connectivity index (χ2n) is 5.23. The van der Waals surface area contributed by atoms with Gasteiger partial charge in [0.25, 0.3) is 0 Å². The second-order valence-corrected chi connectivity index (χ2v) is 5.23. The van der Waals surface area contributed by atoms with E-state index >= 15 is 0 Å². The first-order valence-corrected chi connectivity index (χ1v) is 6.44. The van der Waals surface area contributed by atoms with Crippen LogP contribution >= 0.6 is 12.4 Å². The van der Waals surface area contributed by atoms with Crippen molar-refractivity contribution in [3.05, 3.63) is 35.4 Å². The lowest BCUT2D eigenvalue weighted by atomic mass is 9.80. The first-order chi connectivity index (χ1) is 9.01. The molecular formula is C14H19ClF2N2O. The summed E-state index contributed by atoms with van der Waals surface area (Å²) in [6.07, 6.45) is 1.54. The molecule has 1 amide bonds. The highest BCUT2D eigenvalue weighted by atomic mass is 35.5. The van der Waals surface area contributed by atoms with Crippen LogP contribution in [0.1, 0.15) is 25.3 Å². The summed E-state index contributed by atoms with van der Waals surface area (Å²) in [7, 11) is 0. The van der Waals surface area contributed by atoms with Crippen LogP contribution in [-0.2, 0) is 11.3 Å². The summed E-state index contributed by atoms with van der Waals surface area (Å²) in [6.45, 7) is 3.64. The normalized spacial score (nSPS) is 17.1. The Bertz CT molecular complexity index is 476. The van der Waals surface area contributed by atoms with Crippen LogP contribution < -0.4 is 10.6 Å². The van der Waals surface area contributed by atoms with Crippen molar-refractivity contribution in [2.75, 3.05) is 13.1 Å². The monoisotopic (exact) mass is 304 g/mol. The molecule has 2 N–H and O–H groups in total. The molecule has 0 radical (unpaired) electrons. The van der Waals surface area contributed by atoms with Crippen LogP contribution in [0.15, 0.2) is 18.2 Å². The van der Waals surface area contributed by atoms with Crippen LogP contribution in [0.4, 0.5) is 8.78 Å². The summed E-state index contributed by atoms with van der Waals surface area (Å²) >= 11 is 0. The molecule has 0 aliphatic carbocycles. The number of amides is 1. The van der Waals surface area contributed by atoms with E-state index in [1.807, 2.05) is 6.92 Å². The summed E-state index contributed by atoms with van der Waals surface area (Å²) in [6, 6.07) is 3.38. The maximum Gasteiger partial charge on any atom is 0.226 e. The quantitative estimate of drug-likeness (QED) is 0.900. The van der Waals surface area contributed by atoms with E-state index in [-0.39, 0.29) is 24.9 Å². The third kappa shape index (κ3) is 3.90. The summed E-state index contributed by atoms with van der Waals surface area (Å²) in [4.78, 5) is 12.1. The van der Waals surface area contributed by atoms with Gasteiger partial charge in [-0.15, -0.1) is 12.4 Å². The number of piperidine rings is 1. The van der Waals surface area contributed by atoms with Crippen molar-refractivity contribution in [3.8, 4) is 0 Å². The Balaban J connectivity index is 0.00000200. The Labute approximate surface area is 123 Å². The van der Waals surface area contributed by atoms with Crippen LogP contribution in [0.25, 0.3) is 0 Å². The van der Waals surface area contributed by atoms with E-state index in [0.29, 0.717) is 5.56 Å². The molecule has 1 saturated heterocycles. The molecular weight excluding hydrogens is 286 g/mol. The van der Waals surface area contributed by atoms with E-state index < -0.39 is 17.0 Å². The molecule has 1 aliphatic rings. The van der Waals surface area contributed by atoms with E-state index in [0.717, 1.165) is 32.0 Å². The Morgan fingerprint density at radius 3 is 2.60 bits per heavy atom. The molecule has 0 atom stereocenters. The number of nitrogens with one attached hydrogen (secondary N) is 2. The zero-order valence-electron chi connectivity index (χ0n) is 11.3. The summed E-state index contributed by atoms with van der Waals surface area (Å²) < 4.78 is 26.2. The molecule has 2 rings (SSSR count). The Morgan fingerprint density at radius 1 is 1.35 bits per heavy atom. The fourth-order valence-electron chi connectivity index (χ4n) is 2.26. The number of rotatable bonds is 3. The third-order valence-corrected chi connectivity index (χ3v) is 3.71. The highest BCUT2D eigenvalue weighted by Gasteiger charge is 2.34. The maximum absolute atomic E-state index is 13.4. The molecule has 0 spiro atoms. The van der Waals surface area contributed by atoms with Crippen molar-refractivity contribution in [3.63, 3.8) is 0 Å². The highest BCUT2D eigenvalue weighted by Crippen LogP contribution is 2.28. The third-order valence-electron chi connectivity index (χ3n) is 3.71. The van der Waals surface area contributed by atoms with Crippen LogP contribution in [-0.4, -0.2) is 19.0 Å². The number of benzene rings is 1. The molecule has 112 valence electrons. The number of hydrogen-bond donors (Lipinski definition) is 2. The lowest BCUT2D eigenvalue weighted by Crippen LogP contribution is -2.45. The molecule has 0 unspecified atom stereocenters. The van der Waals surface area contributed by atoms with Crippen molar-refractivity contribution >= 4 is 18.3 Å². The van der Waals surface area contributed by atoms with Crippen LogP contribution in [0.2, 0.25) is 0 Å². The number of carbonyl (C=O) groups is 1. The zero-order valence-corrected chi connectivity index (χ0v) is 12.2. The predicted octanol–water partition coefficient (Wildman–Crippen LogP) is 2.39. The summed E-state index contributed by atoms with van der Waals surface area (Å²) in [5.41, 5.74) is -0.103. The molecule has 20 heavy (non-hydrogen) atoms. The minimum absolute atomic E-state index is 0. The van der Waals surface area contributed by atoms with Gasteiger partial charge in [-0.1, -0.05) is 13.0 Å². The lowest BCUT2D eigenvalue weighted by molar-refractivity contribution is -0.131. The van der Waals surface area contributed by atoms with Crippen molar-refractivity contribution in [2.45, 2.75) is 26.3 Å². The van der Waals surface area contributed by atoms with Crippen LogP contribution in [0.5, 0.6) is 0 Å². The van der Waals surface area contributed by atoms with Crippen molar-refractivity contribution in [2.24, 2.45) is 5.41 Å². The first kappa shape index (κ1) is 16.9. The molecule has 1 fully saturated rings. The number of halogens is 3. The Kier molecular flexibility index (Phi) is 5.89. The fourth-order valence-corrected chi connectivity index (χ4v) is 2.26. The fraction of sp³-hybridized carbons (Fsp3) is 0.500. The lowest BCUT2D eigenvalue weighted by Gasteiger charge is -2.32. The molecule has 6 heteroatoms. The van der Waals surface area contributed by atoms with E-state index in [1.54, 1.807) is 0 Å². The topological polar surface area (TPSA) is 41.1 Å². The van der Waals surface area contributed by atoms with Gasteiger partial charge in [-0.25, -0.2) is 8.78 Å². The molecule has 0 saturated carbocycles. The van der Waals surface area contributed by atoms with Gasteiger partial charge in [0, 0.05) is 23.6 Å². The minimum atomic E-state index is -0.629. The van der Waals surface area contributed by atoms with Crippen molar-refractivity contribution in [1.82, 2.24) is 10.6 Å². The molecule has 3 nitrogen and oxygen atoms in total. The average molecular weight is 305 g/mol. The minimum Gasteiger partial charge on any atom is -0.351 e. The maximum atomic E-state index is 13.4. The summed E-state index contributed by atoms with van der Waals surface area (Å²) in [5.74, 6) is -1.31. The highest BCUT2D eigenvalue weighted by molar-refractivity contribution is 5.85. The zero-order chi connectivity index (χ0) is 13.9. The molecule has 0 bridgehead atoms. The van der Waals surface area contributed by atoms with Gasteiger partial charge in [0.1, 0.15) is 11.6 Å². The standard InChI is InChI=1S/C14H18F2N2O.ClH/c1-14(4-6-17-7-5-14)13(19)18-9-10-2-3-11(15)8-12(10)16;/h2-3,8,17H,4-7,9H2,1H3,(H,18,19);1H. The van der Waals surface area contributed by atoms with Crippen molar-refractivity contribution in [1.29, 1.82) is 0 Å². The van der Waals surface area contributed by atoms with Crippen molar-refractivity contribution < 1.29 is 13.6 Å². The Hall–Kier alpha value is -1.20. The van der Waals surface area contributed by atoms with Gasteiger partial charge in [0.05, 0.1) is 0 Å². The predicted molar refractivity (Wildman–Crippen MR) is 75.7 cm³/mol. The molecule has 1 aromatic carbocycles. The van der Waals surface area contributed by atoms with Crippen LogP contribution in [0, 0.1) is 17.0 Å². The molecule has 0 aromatic heterocycles. The largest absolute Gasteiger partial charge is 0.351 e. The van der Waals surface area contributed by atoms with Gasteiger partial charge >= 0.3 is 0 Å². The number of carbonyl (C=O) groups excluding carboxylic acids is 1. The van der Waals surface area contributed by atoms with Gasteiger partial charge < -0.3 is 10.6 Å². The van der Waals surface area contributed by atoms with Crippen LogP contribution in [0.3, 0.4) is 0 Å². The molecule has 1 aromatic rings. The van der Waals surface area contributed by atoms with E-state index in [4.69, 9.17) is 0 Å². The van der Waals surface area contributed by atoms with E-state index in [1.165, 1.54) is 12.1 Å². The summed E-state index contributed by atoms with van der Waals surface area (Å²) in [5, 5.41) is 5.94. The average Bonchev–Trinajstić information content (AvgIpc) is 2.38.